The number of hydrogen-bond acceptors (Lipinski definition) is 5. The summed E-state index contributed by atoms with van der Waals surface area (Å²) < 4.78 is 11.4. The number of quaternary nitrogens is 1. The Morgan fingerprint density at radius 1 is 1.18 bits per heavy atom. The lowest BCUT2D eigenvalue weighted by Gasteiger charge is -2.33. The number of aliphatic hydroxyl groups is 1. The molecule has 2 fully saturated rings. The van der Waals surface area contributed by atoms with Gasteiger partial charge in [-0.15, -0.1) is 0 Å². The number of esters is 2. The number of benzene rings is 1. The number of carbonyl (C=O) groups excluding carboxylic acids is 2. The molecule has 3 atom stereocenters. The SMILES string of the molecule is CCOC(=O)C[N+]1(C)CCC(OC(=O)[C@](O)(c2ccccc2)C2CCCC2)C1. The van der Waals surface area contributed by atoms with E-state index in [9.17, 15) is 14.7 Å². The Balaban J connectivity index is 1.70. The first-order chi connectivity index (χ1) is 13.4. The number of nitrogens with zero attached hydrogens (tertiary/aromatic N) is 1. The summed E-state index contributed by atoms with van der Waals surface area (Å²) in [5, 5.41) is 11.5. The minimum Gasteiger partial charge on any atom is -0.462 e. The lowest BCUT2D eigenvalue weighted by molar-refractivity contribution is -0.891. The molecule has 1 aliphatic carbocycles. The monoisotopic (exact) mass is 390 g/mol. The molecule has 1 saturated carbocycles. The van der Waals surface area contributed by atoms with Crippen LogP contribution < -0.4 is 0 Å². The van der Waals surface area contributed by atoms with E-state index in [4.69, 9.17) is 9.47 Å². The maximum Gasteiger partial charge on any atom is 0.361 e. The van der Waals surface area contributed by atoms with Crippen LogP contribution in [0.3, 0.4) is 0 Å². The molecule has 28 heavy (non-hydrogen) atoms. The molecule has 2 aliphatic rings. The van der Waals surface area contributed by atoms with Crippen molar-refractivity contribution in [3.8, 4) is 0 Å². The highest BCUT2D eigenvalue weighted by atomic mass is 16.6. The topological polar surface area (TPSA) is 72.8 Å². The fraction of sp³-hybridized carbons (Fsp3) is 0.636. The Morgan fingerprint density at radius 2 is 1.86 bits per heavy atom. The first kappa shape index (κ1) is 20.8. The van der Waals surface area contributed by atoms with Crippen LogP contribution in [0.4, 0.5) is 0 Å². The Bertz CT molecular complexity index is 687. The summed E-state index contributed by atoms with van der Waals surface area (Å²) in [6, 6.07) is 9.15. The van der Waals surface area contributed by atoms with Crippen LogP contribution in [-0.2, 0) is 24.7 Å². The largest absolute Gasteiger partial charge is 0.462 e. The molecule has 1 saturated heterocycles. The predicted molar refractivity (Wildman–Crippen MR) is 104 cm³/mol. The van der Waals surface area contributed by atoms with Gasteiger partial charge in [0.15, 0.2) is 18.2 Å². The Hall–Kier alpha value is -1.92. The van der Waals surface area contributed by atoms with Gasteiger partial charge in [0.2, 0.25) is 0 Å². The minimum atomic E-state index is -1.61. The van der Waals surface area contributed by atoms with Gasteiger partial charge >= 0.3 is 11.9 Å². The van der Waals surface area contributed by atoms with Gasteiger partial charge in [0, 0.05) is 12.3 Å². The number of likely N-dealkylation sites (tertiary alicyclic amines) is 1. The van der Waals surface area contributed by atoms with E-state index < -0.39 is 11.6 Å². The van der Waals surface area contributed by atoms with Gasteiger partial charge < -0.3 is 19.1 Å². The molecule has 0 amide bonds. The van der Waals surface area contributed by atoms with Gasteiger partial charge in [-0.1, -0.05) is 43.2 Å². The van der Waals surface area contributed by atoms with Crippen molar-refractivity contribution in [3.05, 3.63) is 35.9 Å². The zero-order chi connectivity index (χ0) is 20.2. The molecule has 1 N–H and O–H groups in total. The summed E-state index contributed by atoms with van der Waals surface area (Å²) in [5.74, 6) is -0.909. The van der Waals surface area contributed by atoms with E-state index in [1.807, 2.05) is 25.2 Å². The predicted octanol–water partition coefficient (Wildman–Crippen LogP) is 2.39. The second kappa shape index (κ2) is 8.62. The van der Waals surface area contributed by atoms with Crippen molar-refractivity contribution in [1.29, 1.82) is 0 Å². The number of ether oxygens (including phenoxy) is 2. The molecule has 1 aliphatic heterocycles. The van der Waals surface area contributed by atoms with E-state index in [1.165, 1.54) is 0 Å². The molecule has 0 spiro atoms. The van der Waals surface area contributed by atoms with Gasteiger partial charge in [0.1, 0.15) is 6.54 Å². The third-order valence-corrected chi connectivity index (χ3v) is 6.20. The zero-order valence-electron chi connectivity index (χ0n) is 16.9. The highest BCUT2D eigenvalue weighted by Gasteiger charge is 2.50. The van der Waals surface area contributed by atoms with Gasteiger partial charge in [-0.25, -0.2) is 9.59 Å². The molecule has 154 valence electrons. The highest BCUT2D eigenvalue weighted by molar-refractivity contribution is 5.81. The number of hydrogen-bond donors (Lipinski definition) is 1. The van der Waals surface area contributed by atoms with Crippen LogP contribution in [0.5, 0.6) is 0 Å². The van der Waals surface area contributed by atoms with Crippen molar-refractivity contribution in [3.63, 3.8) is 0 Å². The molecule has 6 nitrogen and oxygen atoms in total. The second-order valence-corrected chi connectivity index (χ2v) is 8.42. The van der Waals surface area contributed by atoms with Gasteiger partial charge in [0.05, 0.1) is 20.2 Å². The van der Waals surface area contributed by atoms with Crippen molar-refractivity contribution in [2.45, 2.75) is 50.7 Å². The van der Waals surface area contributed by atoms with E-state index in [2.05, 4.69) is 0 Å². The lowest BCUT2D eigenvalue weighted by Crippen LogP contribution is -2.48. The average Bonchev–Trinajstić information content (AvgIpc) is 3.32. The van der Waals surface area contributed by atoms with E-state index in [0.717, 1.165) is 32.2 Å². The van der Waals surface area contributed by atoms with Crippen molar-refractivity contribution < 1.29 is 28.7 Å². The summed E-state index contributed by atoms with van der Waals surface area (Å²) in [5.41, 5.74) is -1.00. The zero-order valence-corrected chi connectivity index (χ0v) is 16.9. The van der Waals surface area contributed by atoms with Crippen LogP contribution in [0.25, 0.3) is 0 Å². The maximum absolute atomic E-state index is 13.2. The molecule has 1 aromatic rings. The molecule has 2 unspecified atom stereocenters. The summed E-state index contributed by atoms with van der Waals surface area (Å²) in [7, 11) is 1.98. The molecular formula is C22H32NO5+. The molecular weight excluding hydrogens is 358 g/mol. The summed E-state index contributed by atoms with van der Waals surface area (Å²) >= 11 is 0. The fourth-order valence-electron chi connectivity index (χ4n) is 4.69. The normalized spacial score (nSPS) is 27.3. The van der Waals surface area contributed by atoms with Crippen LogP contribution in [0.15, 0.2) is 30.3 Å². The Morgan fingerprint density at radius 3 is 2.50 bits per heavy atom. The van der Waals surface area contributed by atoms with Crippen molar-refractivity contribution in [2.24, 2.45) is 5.92 Å². The van der Waals surface area contributed by atoms with E-state index in [1.54, 1.807) is 19.1 Å². The Kier molecular flexibility index (Phi) is 6.40. The Labute approximate surface area is 167 Å². The smallest absolute Gasteiger partial charge is 0.361 e. The van der Waals surface area contributed by atoms with Gasteiger partial charge in [-0.2, -0.15) is 0 Å². The van der Waals surface area contributed by atoms with Crippen LogP contribution in [0.2, 0.25) is 0 Å². The minimum absolute atomic E-state index is 0.121. The van der Waals surface area contributed by atoms with E-state index >= 15 is 0 Å². The lowest BCUT2D eigenvalue weighted by atomic mass is 9.80. The van der Waals surface area contributed by atoms with Crippen molar-refractivity contribution in [1.82, 2.24) is 0 Å². The van der Waals surface area contributed by atoms with E-state index in [-0.39, 0.29) is 24.5 Å². The molecule has 1 heterocycles. The number of rotatable bonds is 7. The molecule has 1 aromatic carbocycles. The molecule has 0 aromatic heterocycles. The second-order valence-electron chi connectivity index (χ2n) is 8.42. The number of carbonyl (C=O) groups is 2. The molecule has 6 heteroatoms. The first-order valence-corrected chi connectivity index (χ1v) is 10.4. The highest BCUT2D eigenvalue weighted by Crippen LogP contribution is 2.42. The van der Waals surface area contributed by atoms with Crippen LogP contribution in [0, 0.1) is 5.92 Å². The standard InChI is InChI=1S/C22H32NO5/c1-3-27-20(24)16-23(2)14-13-19(15-23)28-21(25)22(26,18-11-7-8-12-18)17-9-5-4-6-10-17/h4-6,9-10,18-19,26H,3,7-8,11-16H2,1-2H3/q+1/t19?,22-,23?/m0/s1. The molecule has 0 radical (unpaired) electrons. The van der Waals surface area contributed by atoms with Crippen molar-refractivity contribution >= 4 is 11.9 Å². The first-order valence-electron chi connectivity index (χ1n) is 10.4. The fourth-order valence-corrected chi connectivity index (χ4v) is 4.69. The quantitative estimate of drug-likeness (QED) is 0.572. The maximum atomic E-state index is 13.2. The van der Waals surface area contributed by atoms with Crippen molar-refractivity contribution in [2.75, 3.05) is 33.3 Å². The third kappa shape index (κ3) is 4.39. The van der Waals surface area contributed by atoms with Gasteiger partial charge in [-0.3, -0.25) is 0 Å². The third-order valence-electron chi connectivity index (χ3n) is 6.20. The van der Waals surface area contributed by atoms with Crippen LogP contribution >= 0.6 is 0 Å². The molecule has 3 rings (SSSR count). The van der Waals surface area contributed by atoms with Gasteiger partial charge in [-0.05, 0) is 25.3 Å². The summed E-state index contributed by atoms with van der Waals surface area (Å²) in [6.45, 7) is 3.72. The summed E-state index contributed by atoms with van der Waals surface area (Å²) in [4.78, 5) is 25.0. The van der Waals surface area contributed by atoms with Gasteiger partial charge in [0.25, 0.3) is 0 Å². The number of likely N-dealkylation sites (N-methyl/N-ethyl adjacent to an activating group) is 1. The van der Waals surface area contributed by atoms with Crippen LogP contribution in [0.1, 0.15) is 44.6 Å². The summed E-state index contributed by atoms with van der Waals surface area (Å²) in [6.07, 6.45) is 4.06. The van der Waals surface area contributed by atoms with E-state index in [0.29, 0.717) is 29.6 Å². The molecule has 0 bridgehead atoms. The average molecular weight is 391 g/mol. The van der Waals surface area contributed by atoms with Crippen LogP contribution in [-0.4, -0.2) is 60.9 Å².